The van der Waals surface area contributed by atoms with Gasteiger partial charge in [0, 0.05) is 12.7 Å². The number of aromatic nitrogens is 2. The number of aryl methyl sites for hydroxylation is 1. The molecule has 0 spiro atoms. The molecular weight excluding hydrogens is 206 g/mol. The summed E-state index contributed by atoms with van der Waals surface area (Å²) in [5, 5.41) is 21.0. The van der Waals surface area contributed by atoms with E-state index >= 15 is 0 Å². The van der Waals surface area contributed by atoms with Gasteiger partial charge in [0.15, 0.2) is 0 Å². The molecule has 0 aliphatic carbocycles. The second-order valence-electron chi connectivity index (χ2n) is 3.77. The zero-order valence-corrected chi connectivity index (χ0v) is 9.09. The molecule has 0 unspecified atom stereocenters. The van der Waals surface area contributed by atoms with E-state index in [9.17, 15) is 0 Å². The Morgan fingerprint density at radius 3 is 2.81 bits per heavy atom. The van der Waals surface area contributed by atoms with E-state index < -0.39 is 0 Å². The second-order valence-corrected chi connectivity index (χ2v) is 3.77. The summed E-state index contributed by atoms with van der Waals surface area (Å²) in [7, 11) is 1.94. The normalized spacial score (nSPS) is 11.2. The third kappa shape index (κ3) is 2.00. The zero-order chi connectivity index (χ0) is 11.5. The van der Waals surface area contributed by atoms with Crippen molar-refractivity contribution in [3.05, 3.63) is 24.5 Å². The second kappa shape index (κ2) is 4.51. The van der Waals surface area contributed by atoms with Gasteiger partial charge >= 0.3 is 0 Å². The Balaban J connectivity index is 2.25. The van der Waals surface area contributed by atoms with Gasteiger partial charge in [0.2, 0.25) is 0 Å². The number of hydrogen-bond acceptors (Lipinski definition) is 4. The molecule has 0 saturated carbocycles. The Labute approximate surface area is 93.3 Å². The summed E-state index contributed by atoms with van der Waals surface area (Å²) >= 11 is 0. The molecule has 16 heavy (non-hydrogen) atoms. The van der Waals surface area contributed by atoms with Crippen LogP contribution in [-0.4, -0.2) is 39.0 Å². The predicted molar refractivity (Wildman–Crippen MR) is 62.3 cm³/mol. The van der Waals surface area contributed by atoms with Crippen molar-refractivity contribution in [3.63, 3.8) is 0 Å². The van der Waals surface area contributed by atoms with Crippen LogP contribution in [0, 0.1) is 0 Å². The number of benzene rings is 1. The molecule has 5 nitrogen and oxygen atoms in total. The van der Waals surface area contributed by atoms with Gasteiger partial charge < -0.3 is 20.1 Å². The molecule has 0 amide bonds. The van der Waals surface area contributed by atoms with Crippen LogP contribution in [0.5, 0.6) is 0 Å². The van der Waals surface area contributed by atoms with Crippen molar-refractivity contribution < 1.29 is 10.2 Å². The number of nitrogens with one attached hydrogen (secondary N) is 1. The van der Waals surface area contributed by atoms with Crippen LogP contribution in [0.4, 0.5) is 5.69 Å². The fraction of sp³-hybridized carbons (Fsp3) is 0.364. The molecule has 86 valence electrons. The summed E-state index contributed by atoms with van der Waals surface area (Å²) in [6.07, 6.45) is 1.75. The van der Waals surface area contributed by atoms with E-state index in [0.29, 0.717) is 0 Å². The van der Waals surface area contributed by atoms with Crippen LogP contribution >= 0.6 is 0 Å². The fourth-order valence-corrected chi connectivity index (χ4v) is 1.61. The maximum absolute atomic E-state index is 8.96. The molecule has 0 atom stereocenters. The molecule has 2 aromatic rings. The third-order valence-corrected chi connectivity index (χ3v) is 2.54. The lowest BCUT2D eigenvalue weighted by Gasteiger charge is -2.14. The quantitative estimate of drug-likeness (QED) is 0.696. The van der Waals surface area contributed by atoms with Crippen LogP contribution in [0.15, 0.2) is 24.5 Å². The first-order valence-electron chi connectivity index (χ1n) is 5.14. The molecule has 5 heteroatoms. The van der Waals surface area contributed by atoms with Crippen molar-refractivity contribution in [2.75, 3.05) is 18.5 Å². The summed E-state index contributed by atoms with van der Waals surface area (Å²) < 4.78 is 1.94. The highest BCUT2D eigenvalue weighted by Crippen LogP contribution is 2.17. The fourth-order valence-electron chi connectivity index (χ4n) is 1.61. The first kappa shape index (κ1) is 10.9. The Kier molecular flexibility index (Phi) is 3.07. The highest BCUT2D eigenvalue weighted by atomic mass is 16.3. The first-order chi connectivity index (χ1) is 7.74. The van der Waals surface area contributed by atoms with Gasteiger partial charge in [0.1, 0.15) is 0 Å². The van der Waals surface area contributed by atoms with Gasteiger partial charge in [0.05, 0.1) is 36.6 Å². The standard InChI is InChI=1S/C11H15N3O2/c1-14-7-12-10-4-8(2-3-11(10)14)13-9(5-15)6-16/h2-4,7,9,13,15-16H,5-6H2,1H3. The summed E-state index contributed by atoms with van der Waals surface area (Å²) in [5.74, 6) is 0. The number of aliphatic hydroxyl groups excluding tert-OH is 2. The van der Waals surface area contributed by atoms with Crippen LogP contribution in [0.1, 0.15) is 0 Å². The van der Waals surface area contributed by atoms with E-state index in [1.165, 1.54) is 0 Å². The molecule has 2 rings (SSSR count). The van der Waals surface area contributed by atoms with Crippen molar-refractivity contribution in [3.8, 4) is 0 Å². The van der Waals surface area contributed by atoms with E-state index in [2.05, 4.69) is 10.3 Å². The molecule has 0 aliphatic rings. The van der Waals surface area contributed by atoms with E-state index in [4.69, 9.17) is 10.2 Å². The number of nitrogens with zero attached hydrogens (tertiary/aromatic N) is 2. The molecule has 3 N–H and O–H groups in total. The van der Waals surface area contributed by atoms with Crippen LogP contribution in [0.3, 0.4) is 0 Å². The van der Waals surface area contributed by atoms with E-state index in [1.807, 2.05) is 29.8 Å². The summed E-state index contributed by atoms with van der Waals surface area (Å²) in [5.41, 5.74) is 2.79. The van der Waals surface area contributed by atoms with Gasteiger partial charge in [0.25, 0.3) is 0 Å². The summed E-state index contributed by atoms with van der Waals surface area (Å²) in [6.45, 7) is -0.201. The predicted octanol–water partition coefficient (Wildman–Crippen LogP) is 0.338. The maximum Gasteiger partial charge on any atom is 0.0955 e. The van der Waals surface area contributed by atoms with Gasteiger partial charge in [-0.05, 0) is 18.2 Å². The van der Waals surface area contributed by atoms with Crippen LogP contribution < -0.4 is 5.32 Å². The molecule has 1 aromatic heterocycles. The lowest BCUT2D eigenvalue weighted by Crippen LogP contribution is -2.27. The van der Waals surface area contributed by atoms with Gasteiger partial charge in [-0.15, -0.1) is 0 Å². The molecular formula is C11H15N3O2. The molecule has 0 aliphatic heterocycles. The number of rotatable bonds is 4. The van der Waals surface area contributed by atoms with Crippen molar-refractivity contribution in [1.82, 2.24) is 9.55 Å². The van der Waals surface area contributed by atoms with Crippen LogP contribution in [-0.2, 0) is 7.05 Å². The molecule has 1 aromatic carbocycles. The van der Waals surface area contributed by atoms with E-state index in [-0.39, 0.29) is 19.3 Å². The molecule has 0 bridgehead atoms. The third-order valence-electron chi connectivity index (χ3n) is 2.54. The first-order valence-corrected chi connectivity index (χ1v) is 5.14. The van der Waals surface area contributed by atoms with Crippen molar-refractivity contribution in [2.45, 2.75) is 6.04 Å². The van der Waals surface area contributed by atoms with E-state index in [1.54, 1.807) is 6.33 Å². The topological polar surface area (TPSA) is 70.3 Å². The zero-order valence-electron chi connectivity index (χ0n) is 9.09. The summed E-state index contributed by atoms with van der Waals surface area (Å²) in [4.78, 5) is 4.24. The van der Waals surface area contributed by atoms with Crippen molar-refractivity contribution >= 4 is 16.7 Å². The number of aliphatic hydroxyl groups is 2. The Hall–Kier alpha value is -1.59. The number of hydrogen-bond donors (Lipinski definition) is 3. The minimum absolute atomic E-state index is 0.100. The van der Waals surface area contributed by atoms with Gasteiger partial charge in [-0.1, -0.05) is 0 Å². The number of imidazole rings is 1. The smallest absolute Gasteiger partial charge is 0.0955 e. The van der Waals surface area contributed by atoms with Crippen LogP contribution in [0.25, 0.3) is 11.0 Å². The lowest BCUT2D eigenvalue weighted by atomic mass is 10.2. The average molecular weight is 221 g/mol. The minimum Gasteiger partial charge on any atom is -0.394 e. The highest BCUT2D eigenvalue weighted by Gasteiger charge is 2.06. The Bertz CT molecular complexity index is 477. The van der Waals surface area contributed by atoms with E-state index in [0.717, 1.165) is 16.7 Å². The van der Waals surface area contributed by atoms with Crippen molar-refractivity contribution in [2.24, 2.45) is 7.05 Å². The average Bonchev–Trinajstić information content (AvgIpc) is 2.68. The monoisotopic (exact) mass is 221 g/mol. The Morgan fingerprint density at radius 1 is 1.38 bits per heavy atom. The number of fused-ring (bicyclic) bond motifs is 1. The summed E-state index contributed by atoms with van der Waals surface area (Å²) in [6, 6.07) is 5.42. The van der Waals surface area contributed by atoms with Gasteiger partial charge in [-0.25, -0.2) is 4.98 Å². The SMILES string of the molecule is Cn1cnc2cc(NC(CO)CO)ccc21. The lowest BCUT2D eigenvalue weighted by molar-refractivity contribution is 0.204. The molecule has 1 heterocycles. The van der Waals surface area contributed by atoms with Gasteiger partial charge in [-0.2, -0.15) is 0 Å². The highest BCUT2D eigenvalue weighted by molar-refractivity contribution is 5.79. The Morgan fingerprint density at radius 2 is 2.12 bits per heavy atom. The largest absolute Gasteiger partial charge is 0.394 e. The minimum atomic E-state index is -0.332. The van der Waals surface area contributed by atoms with Gasteiger partial charge in [-0.3, -0.25) is 0 Å². The maximum atomic E-state index is 8.96. The number of anilines is 1. The van der Waals surface area contributed by atoms with Crippen molar-refractivity contribution in [1.29, 1.82) is 0 Å². The molecule has 0 radical (unpaired) electrons. The molecule has 0 fully saturated rings. The van der Waals surface area contributed by atoms with Crippen LogP contribution in [0.2, 0.25) is 0 Å². The molecule has 0 saturated heterocycles.